The molecule has 29 heavy (non-hydrogen) atoms. The van der Waals surface area contributed by atoms with Crippen LogP contribution < -0.4 is 0 Å². The first-order valence-corrected chi connectivity index (χ1v) is 12.4. The number of carbonyl (C=O) groups is 2. The van der Waals surface area contributed by atoms with E-state index in [2.05, 4.69) is 0 Å². The zero-order valence-corrected chi connectivity index (χ0v) is 19.1. The van der Waals surface area contributed by atoms with Crippen molar-refractivity contribution >= 4 is 22.0 Å². The zero-order valence-electron chi connectivity index (χ0n) is 18.3. The van der Waals surface area contributed by atoms with Crippen LogP contribution in [0.4, 0.5) is 4.79 Å². The highest BCUT2D eigenvalue weighted by Gasteiger charge is 2.50. The number of piperidine rings is 1. The Hall–Kier alpha value is -1.35. The molecule has 1 spiro atoms. The SMILES string of the molecule is C[C@@H]1CN(C(=O)OC(C)(C)C)CCN1C(=O)C1CC2(CCN(S(C)(=O)=O)CC2)C1. The van der Waals surface area contributed by atoms with Gasteiger partial charge < -0.3 is 14.5 Å². The van der Waals surface area contributed by atoms with E-state index in [0.717, 1.165) is 25.7 Å². The summed E-state index contributed by atoms with van der Waals surface area (Å²) in [5, 5.41) is 0. The summed E-state index contributed by atoms with van der Waals surface area (Å²) < 4.78 is 30.4. The Morgan fingerprint density at radius 3 is 2.10 bits per heavy atom. The summed E-state index contributed by atoms with van der Waals surface area (Å²) >= 11 is 0. The first-order chi connectivity index (χ1) is 13.3. The van der Waals surface area contributed by atoms with E-state index in [0.29, 0.717) is 32.7 Å². The summed E-state index contributed by atoms with van der Waals surface area (Å²) in [6, 6.07) is -0.0348. The molecule has 8 nitrogen and oxygen atoms in total. The number of piperazine rings is 1. The van der Waals surface area contributed by atoms with Gasteiger partial charge in [-0.25, -0.2) is 17.5 Å². The molecule has 0 aromatic carbocycles. The summed E-state index contributed by atoms with van der Waals surface area (Å²) in [6.45, 7) is 10.2. The lowest BCUT2D eigenvalue weighted by Gasteiger charge is -2.53. The van der Waals surface area contributed by atoms with Crippen LogP contribution in [0, 0.1) is 11.3 Å². The summed E-state index contributed by atoms with van der Waals surface area (Å²) in [5.41, 5.74) is -0.400. The van der Waals surface area contributed by atoms with Gasteiger partial charge in [-0.15, -0.1) is 0 Å². The van der Waals surface area contributed by atoms with Crippen LogP contribution >= 0.6 is 0 Å². The van der Waals surface area contributed by atoms with Gasteiger partial charge in [-0.3, -0.25) is 4.79 Å². The molecule has 0 aromatic rings. The monoisotopic (exact) mass is 429 g/mol. The fraction of sp³-hybridized carbons (Fsp3) is 0.900. The van der Waals surface area contributed by atoms with E-state index in [1.807, 2.05) is 32.6 Å². The lowest BCUT2D eigenvalue weighted by Crippen LogP contribution is -2.59. The molecule has 1 atom stereocenters. The highest BCUT2D eigenvalue weighted by atomic mass is 32.2. The van der Waals surface area contributed by atoms with Gasteiger partial charge in [0, 0.05) is 44.7 Å². The van der Waals surface area contributed by atoms with E-state index in [-0.39, 0.29) is 29.4 Å². The van der Waals surface area contributed by atoms with Crippen LogP contribution in [0.2, 0.25) is 0 Å². The number of sulfonamides is 1. The molecule has 2 aliphatic heterocycles. The fourth-order valence-electron chi connectivity index (χ4n) is 4.87. The summed E-state index contributed by atoms with van der Waals surface area (Å²) in [7, 11) is -3.12. The Morgan fingerprint density at radius 2 is 1.62 bits per heavy atom. The minimum Gasteiger partial charge on any atom is -0.444 e. The maximum atomic E-state index is 13.0. The maximum Gasteiger partial charge on any atom is 0.410 e. The minimum atomic E-state index is -3.12. The molecule has 166 valence electrons. The van der Waals surface area contributed by atoms with E-state index in [4.69, 9.17) is 4.74 Å². The third-order valence-corrected chi connectivity index (χ3v) is 7.83. The van der Waals surface area contributed by atoms with Gasteiger partial charge in [0.15, 0.2) is 0 Å². The van der Waals surface area contributed by atoms with Gasteiger partial charge in [0.2, 0.25) is 15.9 Å². The molecule has 0 bridgehead atoms. The third-order valence-electron chi connectivity index (χ3n) is 6.52. The zero-order chi connectivity index (χ0) is 21.6. The molecule has 9 heteroatoms. The molecule has 1 aliphatic carbocycles. The quantitative estimate of drug-likeness (QED) is 0.669. The number of hydrogen-bond donors (Lipinski definition) is 0. The van der Waals surface area contributed by atoms with Gasteiger partial charge in [-0.1, -0.05) is 0 Å². The number of rotatable bonds is 2. The topological polar surface area (TPSA) is 87.2 Å². The first kappa shape index (κ1) is 22.3. The van der Waals surface area contributed by atoms with E-state index in [1.54, 1.807) is 9.21 Å². The Bertz CT molecular complexity index is 745. The van der Waals surface area contributed by atoms with Crippen molar-refractivity contribution in [2.24, 2.45) is 11.3 Å². The highest BCUT2D eigenvalue weighted by molar-refractivity contribution is 7.88. The molecule has 0 unspecified atom stereocenters. The molecule has 1 saturated carbocycles. The predicted molar refractivity (Wildman–Crippen MR) is 110 cm³/mol. The van der Waals surface area contributed by atoms with Crippen LogP contribution in [0.25, 0.3) is 0 Å². The molecule has 2 saturated heterocycles. The normalized spacial score (nSPS) is 26.3. The predicted octanol–water partition coefficient (Wildman–Crippen LogP) is 1.91. The van der Waals surface area contributed by atoms with Crippen molar-refractivity contribution in [2.75, 3.05) is 39.0 Å². The smallest absolute Gasteiger partial charge is 0.410 e. The van der Waals surface area contributed by atoms with Crippen LogP contribution in [0.5, 0.6) is 0 Å². The van der Waals surface area contributed by atoms with Crippen molar-refractivity contribution in [1.29, 1.82) is 0 Å². The standard InChI is InChI=1S/C20H35N3O5S/c1-15-14-21(18(25)28-19(2,3)4)10-11-23(15)17(24)16-12-20(13-16)6-8-22(9-7-20)29(5,26)27/h15-16H,6-14H2,1-5H3/t15-/m1/s1. The van der Waals surface area contributed by atoms with Crippen LogP contribution in [0.3, 0.4) is 0 Å². The van der Waals surface area contributed by atoms with Crippen molar-refractivity contribution in [3.8, 4) is 0 Å². The number of ether oxygens (including phenoxy) is 1. The van der Waals surface area contributed by atoms with E-state index in [9.17, 15) is 18.0 Å². The maximum absolute atomic E-state index is 13.0. The second kappa shape index (κ2) is 7.72. The van der Waals surface area contributed by atoms with Gasteiger partial charge in [0.05, 0.1) is 6.26 Å². The Kier molecular flexibility index (Phi) is 5.95. The van der Waals surface area contributed by atoms with Crippen molar-refractivity contribution < 1.29 is 22.7 Å². The number of amides is 2. The average Bonchev–Trinajstić information content (AvgIpc) is 2.56. The summed E-state index contributed by atoms with van der Waals surface area (Å²) in [4.78, 5) is 28.9. The van der Waals surface area contributed by atoms with Crippen molar-refractivity contribution in [3.05, 3.63) is 0 Å². The van der Waals surface area contributed by atoms with Crippen molar-refractivity contribution in [1.82, 2.24) is 14.1 Å². The number of carbonyl (C=O) groups excluding carboxylic acids is 2. The van der Waals surface area contributed by atoms with Gasteiger partial charge in [-0.2, -0.15) is 0 Å². The molecule has 3 rings (SSSR count). The van der Waals surface area contributed by atoms with Crippen LogP contribution in [-0.4, -0.2) is 85.1 Å². The summed E-state index contributed by atoms with van der Waals surface area (Å²) in [6.07, 6.45) is 4.32. The summed E-state index contributed by atoms with van der Waals surface area (Å²) in [5.74, 6) is 0.202. The molecule has 0 radical (unpaired) electrons. The Labute approximate surface area is 174 Å². The van der Waals surface area contributed by atoms with E-state index < -0.39 is 15.6 Å². The van der Waals surface area contributed by atoms with E-state index in [1.165, 1.54) is 6.26 Å². The van der Waals surface area contributed by atoms with Gasteiger partial charge in [0.1, 0.15) is 5.60 Å². The minimum absolute atomic E-state index is 0.0234. The van der Waals surface area contributed by atoms with Gasteiger partial charge in [-0.05, 0) is 58.8 Å². The fourth-order valence-corrected chi connectivity index (χ4v) is 5.72. The lowest BCUT2D eigenvalue weighted by molar-refractivity contribution is -0.149. The Balaban J connectivity index is 1.49. The van der Waals surface area contributed by atoms with E-state index >= 15 is 0 Å². The van der Waals surface area contributed by atoms with Crippen molar-refractivity contribution in [3.63, 3.8) is 0 Å². The van der Waals surface area contributed by atoms with Crippen LogP contribution in [0.1, 0.15) is 53.4 Å². The number of nitrogens with zero attached hydrogens (tertiary/aromatic N) is 3. The molecular formula is C20H35N3O5S. The molecule has 3 fully saturated rings. The van der Waals surface area contributed by atoms with Crippen LogP contribution in [-0.2, 0) is 19.6 Å². The largest absolute Gasteiger partial charge is 0.444 e. The molecule has 0 aromatic heterocycles. The first-order valence-electron chi connectivity index (χ1n) is 10.5. The number of hydrogen-bond acceptors (Lipinski definition) is 5. The molecule has 0 N–H and O–H groups in total. The highest BCUT2D eigenvalue weighted by Crippen LogP contribution is 2.53. The molecule has 3 aliphatic rings. The van der Waals surface area contributed by atoms with Gasteiger partial charge in [0.25, 0.3) is 0 Å². The molecular weight excluding hydrogens is 394 g/mol. The second-order valence-corrected chi connectivity index (χ2v) is 12.1. The molecule has 2 heterocycles. The lowest BCUT2D eigenvalue weighted by atomic mass is 9.57. The Morgan fingerprint density at radius 1 is 1.03 bits per heavy atom. The second-order valence-electron chi connectivity index (χ2n) is 10.1. The average molecular weight is 430 g/mol. The van der Waals surface area contributed by atoms with Gasteiger partial charge >= 0.3 is 6.09 Å². The van der Waals surface area contributed by atoms with Crippen LogP contribution in [0.15, 0.2) is 0 Å². The third kappa shape index (κ3) is 5.05. The van der Waals surface area contributed by atoms with Crippen molar-refractivity contribution in [2.45, 2.75) is 65.0 Å². The molecule has 2 amide bonds.